The number of carboxylic acid groups (broad SMARTS) is 1. The molecule has 0 heterocycles. The molecule has 0 unspecified atom stereocenters. The maximum Gasteiger partial charge on any atom is 0.303 e. The summed E-state index contributed by atoms with van der Waals surface area (Å²) >= 11 is 0. The summed E-state index contributed by atoms with van der Waals surface area (Å²) in [6, 6.07) is 0. The lowest BCUT2D eigenvalue weighted by atomic mass is 10.0. The largest absolute Gasteiger partial charge is 0.481 e. The van der Waals surface area contributed by atoms with Gasteiger partial charge in [-0.2, -0.15) is 0 Å². The van der Waals surface area contributed by atoms with E-state index in [1.807, 2.05) is 0 Å². The molecule has 0 aromatic heterocycles. The van der Waals surface area contributed by atoms with Crippen molar-refractivity contribution in [1.29, 1.82) is 0 Å². The molecule has 0 aliphatic heterocycles. The van der Waals surface area contributed by atoms with E-state index < -0.39 is 5.97 Å². The summed E-state index contributed by atoms with van der Waals surface area (Å²) in [7, 11) is 4.90. The van der Waals surface area contributed by atoms with Crippen LogP contribution < -0.4 is 0 Å². The van der Waals surface area contributed by atoms with Gasteiger partial charge in [-0.25, -0.2) is 0 Å². The number of rotatable bonds is 35. The Morgan fingerprint density at radius 2 is 0.610 bits per heavy atom. The van der Waals surface area contributed by atoms with Crippen molar-refractivity contribution < 1.29 is 14.4 Å². The zero-order valence-electron chi connectivity index (χ0n) is 28.8. The van der Waals surface area contributed by atoms with E-state index in [1.54, 1.807) is 0 Å². The van der Waals surface area contributed by atoms with Gasteiger partial charge in [0, 0.05) is 6.42 Å². The van der Waals surface area contributed by atoms with Gasteiger partial charge in [-0.3, -0.25) is 4.79 Å². The smallest absolute Gasteiger partial charge is 0.303 e. The molecule has 0 aromatic carbocycles. The first-order valence-corrected chi connectivity index (χ1v) is 19.0. The van der Waals surface area contributed by atoms with E-state index in [9.17, 15) is 4.79 Å². The molecule has 0 aromatic rings. The molecule has 0 aliphatic carbocycles. The zero-order chi connectivity index (χ0) is 30.1. The first-order valence-electron chi connectivity index (χ1n) is 19.0. The van der Waals surface area contributed by atoms with Gasteiger partial charge < -0.3 is 9.59 Å². The van der Waals surface area contributed by atoms with Crippen molar-refractivity contribution in [3.8, 4) is 0 Å². The lowest BCUT2D eigenvalue weighted by molar-refractivity contribution is -0.890. The van der Waals surface area contributed by atoms with E-state index in [-0.39, 0.29) is 0 Å². The minimum atomic E-state index is -0.649. The summed E-state index contributed by atoms with van der Waals surface area (Å²) in [5.41, 5.74) is 0. The number of hydrogen-bond donors (Lipinski definition) is 1. The number of carboxylic acids is 1. The maximum absolute atomic E-state index is 10.5. The highest BCUT2D eigenvalue weighted by atomic mass is 16.4. The third-order valence-electron chi connectivity index (χ3n) is 9.27. The number of hydrogen-bond acceptors (Lipinski definition) is 1. The highest BCUT2D eigenvalue weighted by Crippen LogP contribution is 2.16. The molecule has 0 saturated carbocycles. The van der Waals surface area contributed by atoms with Gasteiger partial charge in [-0.1, -0.05) is 174 Å². The van der Waals surface area contributed by atoms with Crippen LogP contribution >= 0.6 is 0 Å². The lowest BCUT2D eigenvalue weighted by Crippen LogP contribution is -2.41. The molecular formula is C38H78NO2+. The van der Waals surface area contributed by atoms with Crippen molar-refractivity contribution in [2.45, 2.75) is 212 Å². The standard InChI is InChI=1S/C38H77NO2/c1-4-5-6-7-8-9-10-11-12-15-18-21-24-27-30-33-36-39(2,3)37-34-31-28-25-22-19-16-13-14-17-20-23-26-29-32-35-38(40)41/h4-37H2,1-3H3/p+1. The van der Waals surface area contributed by atoms with Crippen molar-refractivity contribution in [2.24, 2.45) is 0 Å². The fourth-order valence-electron chi connectivity index (χ4n) is 6.31. The van der Waals surface area contributed by atoms with Crippen molar-refractivity contribution >= 4 is 5.97 Å². The SMILES string of the molecule is CCCCCCCCCCCCCCCCCC[N+](C)(C)CCCCCCCCCCCCCCCCCC(=O)O. The predicted octanol–water partition coefficient (Wildman–Crippen LogP) is 12.7. The van der Waals surface area contributed by atoms with Crippen molar-refractivity contribution in [1.82, 2.24) is 0 Å². The second-order valence-corrected chi connectivity index (χ2v) is 14.1. The van der Waals surface area contributed by atoms with Crippen LogP contribution in [0.1, 0.15) is 212 Å². The van der Waals surface area contributed by atoms with Crippen LogP contribution in [0.15, 0.2) is 0 Å². The van der Waals surface area contributed by atoms with Crippen LogP contribution in [0, 0.1) is 0 Å². The Labute approximate surface area is 259 Å². The molecule has 246 valence electrons. The van der Waals surface area contributed by atoms with Gasteiger partial charge in [0.2, 0.25) is 0 Å². The van der Waals surface area contributed by atoms with Crippen molar-refractivity contribution in [3.63, 3.8) is 0 Å². The number of carbonyl (C=O) groups is 1. The van der Waals surface area contributed by atoms with E-state index in [0.717, 1.165) is 12.8 Å². The fourth-order valence-corrected chi connectivity index (χ4v) is 6.31. The Morgan fingerprint density at radius 1 is 0.390 bits per heavy atom. The Hall–Kier alpha value is -0.570. The van der Waals surface area contributed by atoms with Crippen LogP contribution in [0.2, 0.25) is 0 Å². The number of aliphatic carboxylic acids is 1. The molecule has 0 amide bonds. The highest BCUT2D eigenvalue weighted by Gasteiger charge is 2.13. The first kappa shape index (κ1) is 40.4. The average Bonchev–Trinajstić information content (AvgIpc) is 2.94. The van der Waals surface area contributed by atoms with Crippen molar-refractivity contribution in [3.05, 3.63) is 0 Å². The quantitative estimate of drug-likeness (QED) is 0.0598. The maximum atomic E-state index is 10.5. The van der Waals surface area contributed by atoms with Gasteiger partial charge in [0.25, 0.3) is 0 Å². The summed E-state index contributed by atoms with van der Waals surface area (Å²) < 4.78 is 1.22. The van der Waals surface area contributed by atoms with Gasteiger partial charge in [0.05, 0.1) is 27.2 Å². The minimum absolute atomic E-state index is 0.344. The Morgan fingerprint density at radius 3 is 0.854 bits per heavy atom. The molecule has 0 radical (unpaired) electrons. The fraction of sp³-hybridized carbons (Fsp3) is 0.974. The Balaban J connectivity index is 3.27. The van der Waals surface area contributed by atoms with E-state index in [1.165, 1.54) is 204 Å². The molecule has 3 heteroatoms. The van der Waals surface area contributed by atoms with Gasteiger partial charge in [0.1, 0.15) is 0 Å². The monoisotopic (exact) mass is 581 g/mol. The summed E-state index contributed by atoms with van der Waals surface area (Å²) in [4.78, 5) is 10.5. The molecule has 0 rings (SSSR count). The normalized spacial score (nSPS) is 11.9. The summed E-state index contributed by atoms with van der Waals surface area (Å²) in [5, 5.41) is 8.65. The molecule has 0 bridgehead atoms. The van der Waals surface area contributed by atoms with Crippen LogP contribution in [-0.2, 0) is 4.79 Å². The van der Waals surface area contributed by atoms with Gasteiger partial charge in [-0.05, 0) is 32.1 Å². The second kappa shape index (κ2) is 32.3. The Kier molecular flexibility index (Phi) is 31.9. The van der Waals surface area contributed by atoms with E-state index in [4.69, 9.17) is 5.11 Å². The molecule has 1 N–H and O–H groups in total. The van der Waals surface area contributed by atoms with Crippen LogP contribution in [0.4, 0.5) is 0 Å². The Bertz CT molecular complexity index is 518. The molecular weight excluding hydrogens is 502 g/mol. The van der Waals surface area contributed by atoms with Crippen LogP contribution in [-0.4, -0.2) is 42.7 Å². The lowest BCUT2D eigenvalue weighted by Gasteiger charge is -2.30. The van der Waals surface area contributed by atoms with Gasteiger partial charge in [0.15, 0.2) is 0 Å². The van der Waals surface area contributed by atoms with Gasteiger partial charge in [-0.15, -0.1) is 0 Å². The second-order valence-electron chi connectivity index (χ2n) is 14.1. The van der Waals surface area contributed by atoms with E-state index >= 15 is 0 Å². The van der Waals surface area contributed by atoms with Crippen LogP contribution in [0.5, 0.6) is 0 Å². The van der Waals surface area contributed by atoms with Crippen molar-refractivity contribution in [2.75, 3.05) is 27.2 Å². The summed E-state index contributed by atoms with van der Waals surface area (Å²) in [6.45, 7) is 5.03. The first-order chi connectivity index (χ1) is 20.0. The predicted molar refractivity (Wildman–Crippen MR) is 183 cm³/mol. The summed E-state index contributed by atoms with van der Waals surface area (Å²) in [6.07, 6.45) is 43.5. The topological polar surface area (TPSA) is 37.3 Å². The number of quaternary nitrogens is 1. The summed E-state index contributed by atoms with van der Waals surface area (Å²) in [5.74, 6) is -0.649. The van der Waals surface area contributed by atoms with E-state index in [0.29, 0.717) is 6.42 Å². The zero-order valence-corrected chi connectivity index (χ0v) is 28.8. The molecule has 0 atom stereocenters. The minimum Gasteiger partial charge on any atom is -0.481 e. The van der Waals surface area contributed by atoms with E-state index in [2.05, 4.69) is 21.0 Å². The van der Waals surface area contributed by atoms with Gasteiger partial charge >= 0.3 is 5.97 Å². The molecule has 0 spiro atoms. The van der Waals surface area contributed by atoms with Crippen LogP contribution in [0.3, 0.4) is 0 Å². The number of nitrogens with zero attached hydrogens (tertiary/aromatic N) is 1. The van der Waals surface area contributed by atoms with Crippen LogP contribution in [0.25, 0.3) is 0 Å². The third-order valence-corrected chi connectivity index (χ3v) is 9.27. The number of unbranched alkanes of at least 4 members (excludes halogenated alkanes) is 29. The molecule has 0 fully saturated rings. The molecule has 0 saturated heterocycles. The average molecular weight is 581 g/mol. The molecule has 0 aliphatic rings. The molecule has 3 nitrogen and oxygen atoms in total. The third kappa shape index (κ3) is 35.5. The molecule has 41 heavy (non-hydrogen) atoms. The highest BCUT2D eigenvalue weighted by molar-refractivity contribution is 5.66.